The molecule has 0 amide bonds. The van der Waals surface area contributed by atoms with Gasteiger partial charge in [0.15, 0.2) is 10.8 Å². The molecule has 19 heteroatoms. The highest BCUT2D eigenvalue weighted by atomic mass is 35.5. The van der Waals surface area contributed by atoms with Crippen molar-refractivity contribution < 1.29 is 40.6 Å². The number of aromatic nitrogens is 1. The number of hydrogen-bond acceptors (Lipinski definition) is 9. The normalized spacial score (nSPS) is 16.1. The molecular formula is C55H61ClF4N6O5S3. The van der Waals surface area contributed by atoms with Gasteiger partial charge in [0.25, 0.3) is 0 Å². The minimum absolute atomic E-state index is 0.0315. The van der Waals surface area contributed by atoms with Crippen LogP contribution in [-0.2, 0) is 33.1 Å². The molecule has 11 nitrogen and oxygen atoms in total. The Morgan fingerprint density at radius 2 is 1.51 bits per heavy atom. The SMILES string of the molecule is CCn1c(C)c(C(=O)O)c(-c2cc(F)cc(N3CCN(c4ccc(NS(=O)c5ccc(NC(CCN6CCC(OC(C)C)CC6)CSc6ccccc6)c(S(=O)C(F)(F)F)c5)cc4)CC3)c2)c1-c1ccc(Cl)cc1. The van der Waals surface area contributed by atoms with Gasteiger partial charge in [-0.05, 0) is 143 Å². The number of nitrogens with zero attached hydrogens (tertiary/aromatic N) is 4. The second-order valence-electron chi connectivity index (χ2n) is 18.7. The minimum atomic E-state index is -5.06. The maximum Gasteiger partial charge on any atom is 0.475 e. The molecule has 5 aromatic carbocycles. The summed E-state index contributed by atoms with van der Waals surface area (Å²) in [6, 6.07) is 32.5. The number of carbonyl (C=O) groups is 1. The van der Waals surface area contributed by atoms with Crippen molar-refractivity contribution in [1.82, 2.24) is 9.47 Å². The lowest BCUT2D eigenvalue weighted by molar-refractivity contribution is -0.0384. The topological polar surface area (TPSA) is 119 Å². The number of nitrogens with one attached hydrogen (secondary N) is 2. The number of aromatic carboxylic acids is 1. The van der Waals surface area contributed by atoms with Gasteiger partial charge in [0.1, 0.15) is 16.8 Å². The summed E-state index contributed by atoms with van der Waals surface area (Å²) in [4.78, 5) is 19.9. The van der Waals surface area contributed by atoms with E-state index in [0.29, 0.717) is 83.8 Å². The predicted molar refractivity (Wildman–Crippen MR) is 292 cm³/mol. The number of likely N-dealkylation sites (tertiary alicyclic amines) is 1. The number of anilines is 4. The summed E-state index contributed by atoms with van der Waals surface area (Å²) in [6.45, 7) is 12.9. The summed E-state index contributed by atoms with van der Waals surface area (Å²) in [5.41, 5.74) is -0.0559. The van der Waals surface area contributed by atoms with Gasteiger partial charge in [-0.3, -0.25) is 0 Å². The summed E-state index contributed by atoms with van der Waals surface area (Å²) < 4.78 is 96.1. The zero-order valence-corrected chi connectivity index (χ0v) is 44.9. The van der Waals surface area contributed by atoms with Crippen LogP contribution in [0.3, 0.4) is 0 Å². The van der Waals surface area contributed by atoms with Crippen molar-refractivity contribution in [2.24, 2.45) is 0 Å². The van der Waals surface area contributed by atoms with Gasteiger partial charge in [0.05, 0.1) is 38.9 Å². The van der Waals surface area contributed by atoms with Crippen molar-refractivity contribution >= 4 is 73.9 Å². The van der Waals surface area contributed by atoms with E-state index in [4.69, 9.17) is 16.3 Å². The van der Waals surface area contributed by atoms with Crippen molar-refractivity contribution in [2.75, 3.05) is 71.4 Å². The Kier molecular flexibility index (Phi) is 18.2. The zero-order chi connectivity index (χ0) is 52.7. The molecule has 0 radical (unpaired) electrons. The molecule has 2 saturated heterocycles. The number of rotatable bonds is 20. The Morgan fingerprint density at radius 3 is 2.14 bits per heavy atom. The average Bonchev–Trinajstić information content (AvgIpc) is 3.69. The predicted octanol–water partition coefficient (Wildman–Crippen LogP) is 12.6. The molecule has 1 aromatic heterocycles. The molecule has 394 valence electrons. The maximum atomic E-state index is 15.6. The molecule has 0 aliphatic carbocycles. The zero-order valence-electron chi connectivity index (χ0n) is 41.7. The van der Waals surface area contributed by atoms with E-state index in [1.165, 1.54) is 24.3 Å². The Balaban J connectivity index is 0.935. The van der Waals surface area contributed by atoms with Gasteiger partial charge in [0, 0.05) is 102 Å². The lowest BCUT2D eigenvalue weighted by Crippen LogP contribution is -2.46. The number of ether oxygens (including phenoxy) is 1. The third kappa shape index (κ3) is 13.5. The lowest BCUT2D eigenvalue weighted by Gasteiger charge is -2.37. The van der Waals surface area contributed by atoms with Gasteiger partial charge in [-0.2, -0.15) is 13.2 Å². The van der Waals surface area contributed by atoms with Crippen molar-refractivity contribution in [3.63, 3.8) is 0 Å². The van der Waals surface area contributed by atoms with E-state index in [9.17, 15) is 31.5 Å². The van der Waals surface area contributed by atoms with E-state index >= 15 is 4.39 Å². The largest absolute Gasteiger partial charge is 0.478 e. The van der Waals surface area contributed by atoms with Gasteiger partial charge >= 0.3 is 11.5 Å². The van der Waals surface area contributed by atoms with Crippen LogP contribution in [-0.4, -0.2) is 104 Å². The van der Waals surface area contributed by atoms with Crippen LogP contribution in [0.5, 0.6) is 0 Å². The average molecular weight is 1090 g/mol. The van der Waals surface area contributed by atoms with Gasteiger partial charge in [-0.15, -0.1) is 11.8 Å². The summed E-state index contributed by atoms with van der Waals surface area (Å²) in [7, 11) is -5.43. The van der Waals surface area contributed by atoms with E-state index in [-0.39, 0.29) is 34.4 Å². The first kappa shape index (κ1) is 54.9. The molecule has 2 fully saturated rings. The molecule has 2 aliphatic rings. The minimum Gasteiger partial charge on any atom is -0.478 e. The number of piperazine rings is 1. The molecule has 74 heavy (non-hydrogen) atoms. The number of thioether (sulfide) groups is 1. The summed E-state index contributed by atoms with van der Waals surface area (Å²) >= 11 is 7.80. The Labute approximate surface area is 444 Å². The molecule has 2 aliphatic heterocycles. The monoisotopic (exact) mass is 1090 g/mol. The van der Waals surface area contributed by atoms with Crippen molar-refractivity contribution in [1.29, 1.82) is 0 Å². The number of hydrogen-bond donors (Lipinski definition) is 3. The van der Waals surface area contributed by atoms with Crippen LogP contribution < -0.4 is 19.8 Å². The molecule has 3 atom stereocenters. The smallest absolute Gasteiger partial charge is 0.475 e. The van der Waals surface area contributed by atoms with E-state index < -0.39 is 44.0 Å². The second kappa shape index (κ2) is 24.5. The van der Waals surface area contributed by atoms with E-state index in [2.05, 4.69) is 24.7 Å². The first-order valence-electron chi connectivity index (χ1n) is 24.7. The van der Waals surface area contributed by atoms with Gasteiger partial charge < -0.3 is 39.1 Å². The number of carboxylic acid groups (broad SMARTS) is 1. The van der Waals surface area contributed by atoms with Crippen molar-refractivity contribution in [2.45, 2.75) is 91.9 Å². The molecule has 6 aromatic rings. The Bertz CT molecular complexity index is 2930. The van der Waals surface area contributed by atoms with Crippen LogP contribution in [0.4, 0.5) is 40.3 Å². The van der Waals surface area contributed by atoms with Crippen LogP contribution in [0.15, 0.2) is 130 Å². The molecule has 0 bridgehead atoms. The highest BCUT2D eigenvalue weighted by Gasteiger charge is 2.40. The first-order valence-corrected chi connectivity index (χ1v) is 28.4. The summed E-state index contributed by atoms with van der Waals surface area (Å²) in [5.74, 6) is -1.06. The molecule has 0 saturated carbocycles. The van der Waals surface area contributed by atoms with E-state index in [1.54, 1.807) is 43.0 Å². The number of alkyl halides is 3. The fourth-order valence-electron chi connectivity index (χ4n) is 9.75. The number of halogens is 5. The molecule has 0 spiro atoms. The number of benzene rings is 5. The molecule has 3 heterocycles. The molecule has 3 unspecified atom stereocenters. The van der Waals surface area contributed by atoms with Crippen molar-refractivity contribution in [3.05, 3.63) is 137 Å². The van der Waals surface area contributed by atoms with Gasteiger partial charge in [-0.1, -0.05) is 41.9 Å². The van der Waals surface area contributed by atoms with Gasteiger partial charge in [0.2, 0.25) is 0 Å². The maximum absolute atomic E-state index is 15.6. The standard InChI is InChI=1S/C55H61ClF4N6O5S3/c1-5-66-37(4)51(54(67)68)52(53(66)38-11-13-40(56)14-12-38)39-31-41(57)33-45(32-39)65-29-27-64(28-30-65)44-17-15-42(16-18-44)62-74(70)48-19-20-49(50(34-48)73(69)55(58,59)60)61-43(35-72-47-9-7-6-8-10-47)21-24-63-25-22-46(23-26-63)71-36(2)3/h6-20,31-34,36,43,46,61-62H,5,21-30,35H2,1-4H3,(H,67,68). The van der Waals surface area contributed by atoms with Crippen LogP contribution in [0.25, 0.3) is 22.4 Å². The number of carboxylic acids is 1. The van der Waals surface area contributed by atoms with E-state index in [1.807, 2.05) is 86.0 Å². The van der Waals surface area contributed by atoms with Crippen LogP contribution in [0, 0.1) is 12.7 Å². The third-order valence-electron chi connectivity index (χ3n) is 13.4. The van der Waals surface area contributed by atoms with Crippen LogP contribution >= 0.6 is 23.4 Å². The van der Waals surface area contributed by atoms with Crippen molar-refractivity contribution in [3.8, 4) is 22.4 Å². The third-order valence-corrected chi connectivity index (χ3v) is 17.0. The second-order valence-corrected chi connectivity index (χ2v) is 22.9. The molecule has 8 rings (SSSR count). The van der Waals surface area contributed by atoms with Crippen LogP contribution in [0.2, 0.25) is 5.02 Å². The summed E-state index contributed by atoms with van der Waals surface area (Å²) in [6.07, 6.45) is 2.80. The molecule has 3 N–H and O–H groups in total. The molecular weight excluding hydrogens is 1030 g/mol. The first-order chi connectivity index (χ1) is 35.4. The highest BCUT2D eigenvalue weighted by molar-refractivity contribution is 7.99. The van der Waals surface area contributed by atoms with Gasteiger partial charge in [-0.25, -0.2) is 17.6 Å². The Morgan fingerprint density at radius 1 is 0.851 bits per heavy atom. The fourth-order valence-corrected chi connectivity index (χ4v) is 12.6. The number of piperidine rings is 1. The van der Waals surface area contributed by atoms with E-state index in [0.717, 1.165) is 54.7 Å². The fraction of sp³-hybridized carbons (Fsp3) is 0.364. The lowest BCUT2D eigenvalue weighted by atomic mass is 9.96. The van der Waals surface area contributed by atoms with Crippen LogP contribution in [0.1, 0.15) is 56.1 Å². The quantitative estimate of drug-likeness (QED) is 0.0504. The highest BCUT2D eigenvalue weighted by Crippen LogP contribution is 2.42. The summed E-state index contributed by atoms with van der Waals surface area (Å²) in [5, 5.41) is 14.3. The Hall–Kier alpha value is -5.37.